The zero-order valence-electron chi connectivity index (χ0n) is 15.1. The van der Waals surface area contributed by atoms with Crippen molar-refractivity contribution >= 4 is 27.3 Å². The molecule has 6 heteroatoms. The highest BCUT2D eigenvalue weighted by atomic mass is 35.5. The fraction of sp³-hybridized carbons (Fsp3) is 0.143. The van der Waals surface area contributed by atoms with Gasteiger partial charge in [-0.05, 0) is 66.6 Å². The molecule has 140 valence electrons. The molecule has 27 heavy (non-hydrogen) atoms. The van der Waals surface area contributed by atoms with Crippen LogP contribution in [0.25, 0.3) is 0 Å². The predicted octanol–water partition coefficient (Wildman–Crippen LogP) is 5.05. The largest absolute Gasteiger partial charge is 0.497 e. The minimum atomic E-state index is -3.76. The molecule has 0 aliphatic heterocycles. The molecule has 3 rings (SSSR count). The van der Waals surface area contributed by atoms with Gasteiger partial charge in [0, 0.05) is 5.02 Å². The van der Waals surface area contributed by atoms with E-state index in [1.54, 1.807) is 49.6 Å². The van der Waals surface area contributed by atoms with Crippen LogP contribution in [-0.4, -0.2) is 15.5 Å². The van der Waals surface area contributed by atoms with Gasteiger partial charge in [-0.15, -0.1) is 0 Å². The lowest BCUT2D eigenvalue weighted by atomic mass is 10.2. The molecule has 0 aromatic heterocycles. The lowest BCUT2D eigenvalue weighted by Crippen LogP contribution is -2.30. The van der Waals surface area contributed by atoms with Crippen LogP contribution in [0.4, 0.5) is 5.69 Å². The third-order valence-corrected chi connectivity index (χ3v) is 6.22. The molecule has 3 aromatic carbocycles. The molecule has 0 N–H and O–H groups in total. The van der Waals surface area contributed by atoms with Crippen molar-refractivity contribution in [3.63, 3.8) is 0 Å². The first-order valence-electron chi connectivity index (χ1n) is 8.38. The summed E-state index contributed by atoms with van der Waals surface area (Å²) in [4.78, 5) is 0.207. The molecule has 3 aromatic rings. The Labute approximate surface area is 165 Å². The molecule has 0 heterocycles. The van der Waals surface area contributed by atoms with E-state index in [1.165, 1.54) is 4.31 Å². The second-order valence-corrected chi connectivity index (χ2v) is 8.45. The van der Waals surface area contributed by atoms with Crippen molar-refractivity contribution in [2.75, 3.05) is 11.4 Å². The van der Waals surface area contributed by atoms with Crippen molar-refractivity contribution in [1.82, 2.24) is 0 Å². The van der Waals surface area contributed by atoms with Gasteiger partial charge in [-0.1, -0.05) is 35.9 Å². The van der Waals surface area contributed by atoms with Crippen LogP contribution in [0.3, 0.4) is 0 Å². The standard InChI is InChI=1S/C21H20ClNO3S/c1-16-4-3-5-19(14-16)23(15-17-6-8-18(22)9-7-17)27(24,25)21-12-10-20(26-2)11-13-21/h3-14H,15H2,1-2H3. The molecule has 0 saturated carbocycles. The third kappa shape index (κ3) is 4.43. The smallest absolute Gasteiger partial charge is 0.264 e. The van der Waals surface area contributed by atoms with Crippen molar-refractivity contribution in [3.05, 3.63) is 88.9 Å². The van der Waals surface area contributed by atoms with Crippen molar-refractivity contribution in [2.24, 2.45) is 0 Å². The van der Waals surface area contributed by atoms with Gasteiger partial charge in [0.1, 0.15) is 5.75 Å². The van der Waals surface area contributed by atoms with Gasteiger partial charge in [-0.25, -0.2) is 8.42 Å². The molecular weight excluding hydrogens is 382 g/mol. The molecule has 0 spiro atoms. The molecular formula is C21H20ClNO3S. The SMILES string of the molecule is COc1ccc(S(=O)(=O)N(Cc2ccc(Cl)cc2)c2cccc(C)c2)cc1. The average molecular weight is 402 g/mol. The fourth-order valence-corrected chi connectivity index (χ4v) is 4.30. The van der Waals surface area contributed by atoms with Crippen molar-refractivity contribution in [3.8, 4) is 5.75 Å². The van der Waals surface area contributed by atoms with Crippen LogP contribution in [0.15, 0.2) is 77.7 Å². The van der Waals surface area contributed by atoms with Crippen molar-refractivity contribution in [1.29, 1.82) is 0 Å². The Morgan fingerprint density at radius 3 is 2.22 bits per heavy atom. The Bertz CT molecular complexity index is 1020. The Morgan fingerprint density at radius 1 is 0.963 bits per heavy atom. The van der Waals surface area contributed by atoms with E-state index in [2.05, 4.69) is 0 Å². The molecule has 0 saturated heterocycles. The van der Waals surface area contributed by atoms with Crippen LogP contribution in [0, 0.1) is 6.92 Å². The minimum Gasteiger partial charge on any atom is -0.497 e. The highest BCUT2D eigenvalue weighted by molar-refractivity contribution is 7.92. The Hall–Kier alpha value is -2.50. The lowest BCUT2D eigenvalue weighted by Gasteiger charge is -2.25. The van der Waals surface area contributed by atoms with Gasteiger partial charge in [0.15, 0.2) is 0 Å². The maximum absolute atomic E-state index is 13.4. The number of hydrogen-bond donors (Lipinski definition) is 0. The second kappa shape index (κ2) is 8.03. The zero-order valence-corrected chi connectivity index (χ0v) is 16.7. The Kier molecular flexibility index (Phi) is 5.73. The summed E-state index contributed by atoms with van der Waals surface area (Å²) in [7, 11) is -2.21. The molecule has 0 aliphatic carbocycles. The molecule has 0 aliphatic rings. The van der Waals surface area contributed by atoms with E-state index in [1.807, 2.05) is 37.3 Å². The van der Waals surface area contributed by atoms with Gasteiger partial charge in [-0.2, -0.15) is 0 Å². The van der Waals surface area contributed by atoms with Crippen LogP contribution < -0.4 is 9.04 Å². The molecule has 0 unspecified atom stereocenters. The summed E-state index contributed by atoms with van der Waals surface area (Å²) >= 11 is 5.96. The van der Waals surface area contributed by atoms with Gasteiger partial charge >= 0.3 is 0 Å². The number of halogens is 1. The van der Waals surface area contributed by atoms with Crippen LogP contribution >= 0.6 is 11.6 Å². The quantitative estimate of drug-likeness (QED) is 0.580. The molecule has 0 amide bonds. The molecule has 0 fully saturated rings. The summed E-state index contributed by atoms with van der Waals surface area (Å²) in [6.07, 6.45) is 0. The minimum absolute atomic E-state index is 0.203. The number of rotatable bonds is 6. The summed E-state index contributed by atoms with van der Waals surface area (Å²) in [6, 6.07) is 21.0. The first kappa shape index (κ1) is 19.3. The highest BCUT2D eigenvalue weighted by Gasteiger charge is 2.25. The van der Waals surface area contributed by atoms with E-state index in [4.69, 9.17) is 16.3 Å². The summed E-state index contributed by atoms with van der Waals surface area (Å²) < 4.78 is 33.3. The maximum atomic E-state index is 13.4. The number of anilines is 1. The van der Waals surface area contributed by atoms with Crippen molar-refractivity contribution in [2.45, 2.75) is 18.4 Å². The van der Waals surface area contributed by atoms with E-state index in [0.717, 1.165) is 11.1 Å². The summed E-state index contributed by atoms with van der Waals surface area (Å²) in [5.74, 6) is 0.605. The fourth-order valence-electron chi connectivity index (χ4n) is 2.73. The Balaban J connectivity index is 2.05. The van der Waals surface area contributed by atoms with Gasteiger partial charge in [-0.3, -0.25) is 4.31 Å². The number of ether oxygens (including phenoxy) is 1. The van der Waals surface area contributed by atoms with Gasteiger partial charge in [0.2, 0.25) is 0 Å². The number of hydrogen-bond acceptors (Lipinski definition) is 3. The molecule has 0 atom stereocenters. The van der Waals surface area contributed by atoms with E-state index in [9.17, 15) is 8.42 Å². The van der Waals surface area contributed by atoms with E-state index in [0.29, 0.717) is 16.5 Å². The van der Waals surface area contributed by atoms with E-state index < -0.39 is 10.0 Å². The van der Waals surface area contributed by atoms with Crippen LogP contribution in [0.1, 0.15) is 11.1 Å². The molecule has 4 nitrogen and oxygen atoms in total. The van der Waals surface area contributed by atoms with Crippen LogP contribution in [-0.2, 0) is 16.6 Å². The van der Waals surface area contributed by atoms with Crippen LogP contribution in [0.5, 0.6) is 5.75 Å². The highest BCUT2D eigenvalue weighted by Crippen LogP contribution is 2.28. The monoisotopic (exact) mass is 401 g/mol. The topological polar surface area (TPSA) is 46.6 Å². The first-order valence-corrected chi connectivity index (χ1v) is 10.2. The maximum Gasteiger partial charge on any atom is 0.264 e. The van der Waals surface area contributed by atoms with E-state index >= 15 is 0 Å². The number of methoxy groups -OCH3 is 1. The lowest BCUT2D eigenvalue weighted by molar-refractivity contribution is 0.414. The second-order valence-electron chi connectivity index (χ2n) is 6.15. The van der Waals surface area contributed by atoms with Gasteiger partial charge in [0.05, 0.1) is 24.2 Å². The van der Waals surface area contributed by atoms with Gasteiger partial charge < -0.3 is 4.74 Å². The van der Waals surface area contributed by atoms with Crippen molar-refractivity contribution < 1.29 is 13.2 Å². The average Bonchev–Trinajstić information content (AvgIpc) is 2.67. The van der Waals surface area contributed by atoms with Crippen LogP contribution in [0.2, 0.25) is 5.02 Å². The normalized spacial score (nSPS) is 11.2. The van der Waals surface area contributed by atoms with Gasteiger partial charge in [0.25, 0.3) is 10.0 Å². The zero-order chi connectivity index (χ0) is 19.4. The third-order valence-electron chi connectivity index (χ3n) is 4.18. The first-order chi connectivity index (χ1) is 12.9. The molecule has 0 bridgehead atoms. The summed E-state index contributed by atoms with van der Waals surface area (Å²) in [5.41, 5.74) is 2.44. The number of benzene rings is 3. The number of nitrogens with zero attached hydrogens (tertiary/aromatic N) is 1. The summed E-state index contributed by atoms with van der Waals surface area (Å²) in [5, 5.41) is 0.610. The number of aryl methyl sites for hydroxylation is 1. The number of sulfonamides is 1. The Morgan fingerprint density at radius 2 is 1.63 bits per heavy atom. The molecule has 0 radical (unpaired) electrons. The summed E-state index contributed by atoms with van der Waals surface area (Å²) in [6.45, 7) is 2.14. The predicted molar refractivity (Wildman–Crippen MR) is 109 cm³/mol. The van der Waals surface area contributed by atoms with E-state index in [-0.39, 0.29) is 11.4 Å².